The molecule has 0 spiro atoms. The van der Waals surface area contributed by atoms with Gasteiger partial charge in [-0.1, -0.05) is 0 Å². The molecule has 1 aliphatic heterocycles. The molecule has 0 unspecified atom stereocenters. The molecule has 0 atom stereocenters. The van der Waals surface area contributed by atoms with Crippen LogP contribution in [-0.2, 0) is 4.79 Å². The van der Waals surface area contributed by atoms with Gasteiger partial charge in [0.05, 0.1) is 0 Å². The molecular weight excluding hydrogens is 118 g/mol. The number of hydrogen-bond acceptors (Lipinski definition) is 3. The second kappa shape index (κ2) is 2.80. The van der Waals surface area contributed by atoms with Gasteiger partial charge in [0, 0.05) is 26.1 Å². The van der Waals surface area contributed by atoms with Crippen LogP contribution in [0.3, 0.4) is 0 Å². The molecule has 0 saturated carbocycles. The third kappa shape index (κ3) is 1.65. The highest BCUT2D eigenvalue weighted by molar-refractivity contribution is 5.77. The molecule has 0 aromatic rings. The lowest BCUT2D eigenvalue weighted by atomic mass is 10.4. The minimum atomic E-state index is 0.100. The average Bonchev–Trinajstić information content (AvgIpc) is 2.17. The van der Waals surface area contributed by atoms with Crippen LogP contribution in [0.4, 0.5) is 0 Å². The average molecular weight is 129 g/mol. The van der Waals surface area contributed by atoms with Gasteiger partial charge in [-0.25, -0.2) is 5.01 Å². The van der Waals surface area contributed by atoms with E-state index in [0.717, 1.165) is 13.1 Å². The van der Waals surface area contributed by atoms with Crippen molar-refractivity contribution in [2.75, 3.05) is 19.6 Å². The highest BCUT2D eigenvalue weighted by Crippen LogP contribution is 1.94. The van der Waals surface area contributed by atoms with E-state index in [1.165, 1.54) is 0 Å². The van der Waals surface area contributed by atoms with Gasteiger partial charge in [-0.05, 0) is 0 Å². The Labute approximate surface area is 54.0 Å². The molecule has 1 amide bonds. The summed E-state index contributed by atoms with van der Waals surface area (Å²) in [5.74, 6) is 0.100. The molecule has 3 N–H and O–H groups in total. The molecule has 1 heterocycles. The highest BCUT2D eigenvalue weighted by Gasteiger charge is 2.15. The van der Waals surface area contributed by atoms with Gasteiger partial charge in [0.15, 0.2) is 0 Å². The minimum Gasteiger partial charge on any atom is -0.329 e. The van der Waals surface area contributed by atoms with Crippen LogP contribution in [-0.4, -0.2) is 30.6 Å². The maximum Gasteiger partial charge on any atom is 0.235 e. The molecule has 1 saturated heterocycles. The number of carbonyl (C=O) groups excluding carboxylic acids is 1. The first-order chi connectivity index (χ1) is 4.33. The monoisotopic (exact) mass is 129 g/mol. The summed E-state index contributed by atoms with van der Waals surface area (Å²) in [5.41, 5.74) is 7.93. The van der Waals surface area contributed by atoms with Crippen molar-refractivity contribution in [3.05, 3.63) is 0 Å². The smallest absolute Gasteiger partial charge is 0.235 e. The molecule has 0 aromatic heterocycles. The molecule has 1 rings (SSSR count). The summed E-state index contributed by atoms with van der Waals surface area (Å²) >= 11 is 0. The first-order valence-electron chi connectivity index (χ1n) is 3.07. The zero-order chi connectivity index (χ0) is 6.69. The van der Waals surface area contributed by atoms with Crippen LogP contribution < -0.4 is 11.2 Å². The Kier molecular flexibility index (Phi) is 2.02. The van der Waals surface area contributed by atoms with Crippen molar-refractivity contribution >= 4 is 5.91 Å². The topological polar surface area (TPSA) is 58.4 Å². The van der Waals surface area contributed by atoms with E-state index in [2.05, 4.69) is 5.43 Å². The Bertz CT molecular complexity index is 115. The summed E-state index contributed by atoms with van der Waals surface area (Å²) in [6, 6.07) is 0. The zero-order valence-corrected chi connectivity index (χ0v) is 5.26. The Morgan fingerprint density at radius 2 is 2.56 bits per heavy atom. The minimum absolute atomic E-state index is 0.100. The van der Waals surface area contributed by atoms with Crippen LogP contribution in [0.5, 0.6) is 0 Å². The number of rotatable bonds is 2. The van der Waals surface area contributed by atoms with E-state index in [0.29, 0.717) is 13.0 Å². The molecule has 4 nitrogen and oxygen atoms in total. The van der Waals surface area contributed by atoms with Gasteiger partial charge in [-0.2, -0.15) is 0 Å². The lowest BCUT2D eigenvalue weighted by Gasteiger charge is -2.11. The third-order valence-corrected chi connectivity index (χ3v) is 1.29. The highest BCUT2D eigenvalue weighted by atomic mass is 16.2. The van der Waals surface area contributed by atoms with E-state index in [1.54, 1.807) is 0 Å². The summed E-state index contributed by atoms with van der Waals surface area (Å²) in [5, 5.41) is 1.84. The molecule has 1 fully saturated rings. The fourth-order valence-corrected chi connectivity index (χ4v) is 0.848. The van der Waals surface area contributed by atoms with E-state index >= 15 is 0 Å². The first kappa shape index (κ1) is 6.51. The molecule has 0 radical (unpaired) electrons. The number of nitrogens with one attached hydrogen (secondary N) is 1. The first-order valence-corrected chi connectivity index (χ1v) is 3.07. The summed E-state index contributed by atoms with van der Waals surface area (Å²) in [6.45, 7) is 2.15. The second-order valence-electron chi connectivity index (χ2n) is 2.06. The van der Waals surface area contributed by atoms with Crippen LogP contribution in [0.25, 0.3) is 0 Å². The summed E-state index contributed by atoms with van der Waals surface area (Å²) in [6.07, 6.45) is 0.611. The lowest BCUT2D eigenvalue weighted by Crippen LogP contribution is -2.36. The van der Waals surface area contributed by atoms with Crippen LogP contribution >= 0.6 is 0 Å². The summed E-state index contributed by atoms with van der Waals surface area (Å²) in [7, 11) is 0. The predicted molar refractivity (Wildman–Crippen MR) is 33.4 cm³/mol. The van der Waals surface area contributed by atoms with Crippen molar-refractivity contribution in [3.8, 4) is 0 Å². The largest absolute Gasteiger partial charge is 0.329 e. The Hall–Kier alpha value is -0.610. The van der Waals surface area contributed by atoms with Crippen LogP contribution in [0, 0.1) is 0 Å². The van der Waals surface area contributed by atoms with Gasteiger partial charge in [-0.3, -0.25) is 10.2 Å². The fourth-order valence-electron chi connectivity index (χ4n) is 0.848. The van der Waals surface area contributed by atoms with Gasteiger partial charge in [0.2, 0.25) is 5.91 Å². The maximum absolute atomic E-state index is 10.5. The van der Waals surface area contributed by atoms with Crippen LogP contribution in [0.1, 0.15) is 6.42 Å². The van der Waals surface area contributed by atoms with Crippen molar-refractivity contribution in [2.45, 2.75) is 6.42 Å². The normalized spacial score (nSPS) is 20.3. The van der Waals surface area contributed by atoms with Crippen LogP contribution in [0.15, 0.2) is 0 Å². The van der Waals surface area contributed by atoms with E-state index in [4.69, 9.17) is 5.73 Å². The Morgan fingerprint density at radius 1 is 1.78 bits per heavy atom. The van der Waals surface area contributed by atoms with Gasteiger partial charge in [0.1, 0.15) is 0 Å². The van der Waals surface area contributed by atoms with Crippen molar-refractivity contribution in [2.24, 2.45) is 5.73 Å². The van der Waals surface area contributed by atoms with E-state index < -0.39 is 0 Å². The van der Waals surface area contributed by atoms with Crippen molar-refractivity contribution in [3.63, 3.8) is 0 Å². The number of carbonyl (C=O) groups is 1. The second-order valence-corrected chi connectivity index (χ2v) is 2.06. The van der Waals surface area contributed by atoms with Gasteiger partial charge < -0.3 is 5.73 Å². The summed E-state index contributed by atoms with van der Waals surface area (Å²) in [4.78, 5) is 10.5. The number of amides is 1. The number of nitrogens with two attached hydrogens (primary N) is 1. The van der Waals surface area contributed by atoms with Crippen molar-refractivity contribution in [1.29, 1.82) is 0 Å². The molecule has 9 heavy (non-hydrogen) atoms. The molecule has 0 aromatic carbocycles. The van der Waals surface area contributed by atoms with Crippen LogP contribution in [0.2, 0.25) is 0 Å². The number of hydrazine groups is 1. The van der Waals surface area contributed by atoms with Crippen molar-refractivity contribution in [1.82, 2.24) is 10.4 Å². The third-order valence-electron chi connectivity index (χ3n) is 1.29. The number of nitrogens with zero attached hydrogens (tertiary/aromatic N) is 1. The molecule has 4 heteroatoms. The van der Waals surface area contributed by atoms with E-state index in [-0.39, 0.29) is 5.91 Å². The molecule has 0 bridgehead atoms. The quantitative estimate of drug-likeness (QED) is 0.486. The maximum atomic E-state index is 10.5. The SMILES string of the molecule is NCCN1CCC(=O)N1. The molecule has 1 aliphatic rings. The molecule has 0 aliphatic carbocycles. The summed E-state index contributed by atoms with van der Waals surface area (Å²) < 4.78 is 0. The van der Waals surface area contributed by atoms with Crippen molar-refractivity contribution < 1.29 is 4.79 Å². The molecular formula is C5H11N3O. The Balaban J connectivity index is 2.22. The van der Waals surface area contributed by atoms with E-state index in [9.17, 15) is 4.79 Å². The van der Waals surface area contributed by atoms with E-state index in [1.807, 2.05) is 5.01 Å². The standard InChI is InChI=1S/C5H11N3O/c6-2-4-8-3-1-5(9)7-8/h1-4,6H2,(H,7,9). The van der Waals surface area contributed by atoms with Gasteiger partial charge in [-0.15, -0.1) is 0 Å². The fraction of sp³-hybridized carbons (Fsp3) is 0.800. The van der Waals surface area contributed by atoms with Gasteiger partial charge >= 0.3 is 0 Å². The van der Waals surface area contributed by atoms with Gasteiger partial charge in [0.25, 0.3) is 0 Å². The number of hydrogen-bond donors (Lipinski definition) is 2. The zero-order valence-electron chi connectivity index (χ0n) is 5.26. The lowest BCUT2D eigenvalue weighted by molar-refractivity contribution is -0.120. The predicted octanol–water partition coefficient (Wildman–Crippen LogP) is -1.32. The molecule has 52 valence electrons. The Morgan fingerprint density at radius 3 is 3.00 bits per heavy atom.